The minimum absolute atomic E-state index is 0.387. The Kier molecular flexibility index (Phi) is 4.11. The van der Waals surface area contributed by atoms with Gasteiger partial charge in [0.15, 0.2) is 0 Å². The minimum Gasteiger partial charge on any atom is -0.368 e. The summed E-state index contributed by atoms with van der Waals surface area (Å²) in [5.41, 5.74) is 6.26. The summed E-state index contributed by atoms with van der Waals surface area (Å²) in [5, 5.41) is 5.18. The lowest BCUT2D eigenvalue weighted by Crippen LogP contribution is -2.34. The molecule has 18 heavy (non-hydrogen) atoms. The molecule has 0 saturated carbocycles. The van der Waals surface area contributed by atoms with E-state index in [2.05, 4.69) is 10.3 Å². The monoisotopic (exact) mass is 264 g/mol. The third kappa shape index (κ3) is 2.77. The predicted octanol–water partition coefficient (Wildman–Crippen LogP) is 1.28. The Hall–Kier alpha value is -1.66. The smallest absolute Gasteiger partial charge is 0.240 e. The van der Waals surface area contributed by atoms with Crippen molar-refractivity contribution in [2.24, 2.45) is 5.73 Å². The van der Waals surface area contributed by atoms with E-state index in [9.17, 15) is 4.79 Å². The van der Waals surface area contributed by atoms with Crippen LogP contribution in [-0.2, 0) is 17.9 Å². The SMILES string of the molecule is CCn1cncc1C(NCc1cccs1)C(N)=O. The first-order valence-electron chi connectivity index (χ1n) is 5.77. The summed E-state index contributed by atoms with van der Waals surface area (Å²) in [6.07, 6.45) is 3.39. The van der Waals surface area contributed by atoms with Crippen LogP contribution in [0.3, 0.4) is 0 Å². The van der Waals surface area contributed by atoms with Crippen LogP contribution in [0.15, 0.2) is 30.0 Å². The van der Waals surface area contributed by atoms with Gasteiger partial charge in [0.25, 0.3) is 0 Å². The quantitative estimate of drug-likeness (QED) is 0.825. The van der Waals surface area contributed by atoms with Gasteiger partial charge in [0, 0.05) is 18.0 Å². The number of hydrogen-bond donors (Lipinski definition) is 2. The maximum Gasteiger partial charge on any atom is 0.240 e. The topological polar surface area (TPSA) is 72.9 Å². The van der Waals surface area contributed by atoms with Crippen LogP contribution in [-0.4, -0.2) is 15.5 Å². The number of aryl methyl sites for hydroxylation is 1. The van der Waals surface area contributed by atoms with Crippen molar-refractivity contribution < 1.29 is 4.79 Å². The van der Waals surface area contributed by atoms with Crippen molar-refractivity contribution in [3.05, 3.63) is 40.6 Å². The molecule has 0 aliphatic carbocycles. The standard InChI is InChI=1S/C12H16N4OS/c1-2-16-8-14-7-10(16)11(12(13)17)15-6-9-4-3-5-18-9/h3-5,7-8,11,15H,2,6H2,1H3,(H2,13,17). The molecule has 0 aliphatic rings. The average Bonchev–Trinajstić information content (AvgIpc) is 2.99. The van der Waals surface area contributed by atoms with Crippen molar-refractivity contribution in [3.8, 4) is 0 Å². The molecule has 2 aromatic heterocycles. The van der Waals surface area contributed by atoms with Gasteiger partial charge in [-0.15, -0.1) is 11.3 Å². The molecule has 0 bridgehead atoms. The Morgan fingerprint density at radius 3 is 3.11 bits per heavy atom. The van der Waals surface area contributed by atoms with Gasteiger partial charge in [0.1, 0.15) is 6.04 Å². The van der Waals surface area contributed by atoms with Gasteiger partial charge in [0.05, 0.1) is 18.2 Å². The number of nitrogens with two attached hydrogens (primary N) is 1. The summed E-state index contributed by atoms with van der Waals surface area (Å²) >= 11 is 1.65. The largest absolute Gasteiger partial charge is 0.368 e. The van der Waals surface area contributed by atoms with Crippen LogP contribution in [0.2, 0.25) is 0 Å². The van der Waals surface area contributed by atoms with Gasteiger partial charge in [-0.2, -0.15) is 0 Å². The molecule has 2 heterocycles. The lowest BCUT2D eigenvalue weighted by Gasteiger charge is -2.16. The van der Waals surface area contributed by atoms with E-state index in [0.717, 1.165) is 12.2 Å². The summed E-state index contributed by atoms with van der Waals surface area (Å²) < 4.78 is 1.91. The van der Waals surface area contributed by atoms with E-state index in [1.165, 1.54) is 4.88 Å². The van der Waals surface area contributed by atoms with E-state index < -0.39 is 6.04 Å². The number of rotatable bonds is 6. The number of carbonyl (C=O) groups is 1. The molecule has 1 unspecified atom stereocenters. The predicted molar refractivity (Wildman–Crippen MR) is 71.0 cm³/mol. The molecule has 0 saturated heterocycles. The van der Waals surface area contributed by atoms with Gasteiger partial charge >= 0.3 is 0 Å². The number of amides is 1. The Morgan fingerprint density at radius 2 is 2.50 bits per heavy atom. The number of carbonyl (C=O) groups excluding carboxylic acids is 1. The number of imidazole rings is 1. The molecule has 0 fully saturated rings. The molecule has 6 heteroatoms. The third-order valence-electron chi connectivity index (χ3n) is 2.73. The molecular formula is C12H16N4OS. The van der Waals surface area contributed by atoms with Crippen LogP contribution >= 0.6 is 11.3 Å². The van der Waals surface area contributed by atoms with Crippen LogP contribution in [0.5, 0.6) is 0 Å². The van der Waals surface area contributed by atoms with Crippen molar-refractivity contribution >= 4 is 17.2 Å². The maximum absolute atomic E-state index is 11.5. The van der Waals surface area contributed by atoms with E-state index in [4.69, 9.17) is 5.73 Å². The average molecular weight is 264 g/mol. The Morgan fingerprint density at radius 1 is 1.67 bits per heavy atom. The molecule has 0 radical (unpaired) electrons. The van der Waals surface area contributed by atoms with E-state index >= 15 is 0 Å². The number of nitrogens with zero attached hydrogens (tertiary/aromatic N) is 2. The van der Waals surface area contributed by atoms with Crippen molar-refractivity contribution in [2.75, 3.05) is 0 Å². The van der Waals surface area contributed by atoms with Crippen LogP contribution in [0.1, 0.15) is 23.5 Å². The van der Waals surface area contributed by atoms with Crippen LogP contribution in [0.4, 0.5) is 0 Å². The van der Waals surface area contributed by atoms with E-state index in [-0.39, 0.29) is 5.91 Å². The van der Waals surface area contributed by atoms with E-state index in [1.807, 2.05) is 29.0 Å². The summed E-state index contributed by atoms with van der Waals surface area (Å²) in [7, 11) is 0. The number of aromatic nitrogens is 2. The first-order valence-corrected chi connectivity index (χ1v) is 6.65. The van der Waals surface area contributed by atoms with Crippen molar-refractivity contribution in [1.82, 2.24) is 14.9 Å². The Bertz CT molecular complexity index is 506. The summed E-state index contributed by atoms with van der Waals surface area (Å²) in [6.45, 7) is 3.39. The normalized spacial score (nSPS) is 12.5. The number of hydrogen-bond acceptors (Lipinski definition) is 4. The summed E-state index contributed by atoms with van der Waals surface area (Å²) in [4.78, 5) is 16.8. The van der Waals surface area contributed by atoms with Crippen LogP contribution < -0.4 is 11.1 Å². The van der Waals surface area contributed by atoms with Gasteiger partial charge in [-0.1, -0.05) is 6.07 Å². The summed E-state index contributed by atoms with van der Waals surface area (Å²) in [5.74, 6) is -0.387. The highest BCUT2D eigenvalue weighted by Gasteiger charge is 2.20. The van der Waals surface area contributed by atoms with Gasteiger partial charge < -0.3 is 10.3 Å². The van der Waals surface area contributed by atoms with E-state index in [0.29, 0.717) is 6.54 Å². The van der Waals surface area contributed by atoms with Crippen molar-refractivity contribution in [2.45, 2.75) is 26.1 Å². The van der Waals surface area contributed by atoms with E-state index in [1.54, 1.807) is 23.9 Å². The lowest BCUT2D eigenvalue weighted by atomic mass is 10.2. The van der Waals surface area contributed by atoms with Gasteiger partial charge in [-0.3, -0.25) is 10.1 Å². The second-order valence-corrected chi connectivity index (χ2v) is 4.93. The number of thiophene rings is 1. The fraction of sp³-hybridized carbons (Fsp3) is 0.333. The molecular weight excluding hydrogens is 248 g/mol. The third-order valence-corrected chi connectivity index (χ3v) is 3.60. The molecule has 0 aromatic carbocycles. The van der Waals surface area contributed by atoms with Crippen LogP contribution in [0, 0.1) is 0 Å². The zero-order valence-electron chi connectivity index (χ0n) is 10.2. The number of nitrogens with one attached hydrogen (secondary N) is 1. The second kappa shape index (κ2) is 5.79. The van der Waals surface area contributed by atoms with Crippen molar-refractivity contribution in [3.63, 3.8) is 0 Å². The molecule has 2 rings (SSSR count). The van der Waals surface area contributed by atoms with Gasteiger partial charge in [-0.25, -0.2) is 4.98 Å². The second-order valence-electron chi connectivity index (χ2n) is 3.90. The molecule has 2 aromatic rings. The zero-order chi connectivity index (χ0) is 13.0. The van der Waals surface area contributed by atoms with Crippen molar-refractivity contribution in [1.29, 1.82) is 0 Å². The molecule has 3 N–H and O–H groups in total. The highest BCUT2D eigenvalue weighted by Crippen LogP contribution is 2.15. The molecule has 0 spiro atoms. The molecule has 5 nitrogen and oxygen atoms in total. The molecule has 1 atom stereocenters. The first kappa shape index (κ1) is 12.8. The Balaban J connectivity index is 2.11. The first-order chi connectivity index (χ1) is 8.72. The lowest BCUT2D eigenvalue weighted by molar-refractivity contribution is -0.120. The zero-order valence-corrected chi connectivity index (χ0v) is 11.0. The van der Waals surface area contributed by atoms with Gasteiger partial charge in [-0.05, 0) is 18.4 Å². The fourth-order valence-corrected chi connectivity index (χ4v) is 2.46. The fourth-order valence-electron chi connectivity index (χ4n) is 1.80. The molecule has 96 valence electrons. The Labute approximate surface area is 110 Å². The van der Waals surface area contributed by atoms with Crippen LogP contribution in [0.25, 0.3) is 0 Å². The maximum atomic E-state index is 11.5. The molecule has 1 amide bonds. The highest BCUT2D eigenvalue weighted by atomic mass is 32.1. The van der Waals surface area contributed by atoms with Gasteiger partial charge in [0.2, 0.25) is 5.91 Å². The number of primary amides is 1. The minimum atomic E-state index is -0.505. The molecule has 0 aliphatic heterocycles. The summed E-state index contributed by atoms with van der Waals surface area (Å²) in [6, 6.07) is 3.50. The highest BCUT2D eigenvalue weighted by molar-refractivity contribution is 7.09.